The number of ketones is 1. The Bertz CT molecular complexity index is 618. The molecule has 136 valence electrons. The quantitative estimate of drug-likeness (QED) is 0.440. The summed E-state index contributed by atoms with van der Waals surface area (Å²) < 4.78 is 10.1. The fourth-order valence-electron chi connectivity index (χ4n) is 2.17. The number of hydrogen-bond donors (Lipinski definition) is 1. The molecule has 0 heterocycles. The maximum absolute atomic E-state index is 12.6. The lowest BCUT2D eigenvalue weighted by atomic mass is 9.88. The lowest BCUT2D eigenvalue weighted by Gasteiger charge is -2.26. The van der Waals surface area contributed by atoms with Gasteiger partial charge in [0.25, 0.3) is 0 Å². The van der Waals surface area contributed by atoms with E-state index in [1.165, 1.54) is 6.08 Å². The van der Waals surface area contributed by atoms with Gasteiger partial charge in [0.1, 0.15) is 24.5 Å². The van der Waals surface area contributed by atoms with E-state index in [0.717, 1.165) is 0 Å². The zero-order valence-corrected chi connectivity index (χ0v) is 14.9. The second-order valence-electron chi connectivity index (χ2n) is 6.56. The van der Waals surface area contributed by atoms with Crippen LogP contribution in [-0.4, -0.2) is 29.9 Å². The molecule has 0 aliphatic rings. The van der Waals surface area contributed by atoms with Crippen LogP contribution in [0.3, 0.4) is 0 Å². The molecular formula is C19H25NO5. The van der Waals surface area contributed by atoms with E-state index in [1.807, 2.05) is 0 Å². The average Bonchev–Trinajstić information content (AvgIpc) is 2.52. The normalized spacial score (nSPS) is 13.4. The Morgan fingerprint density at radius 3 is 2.32 bits per heavy atom. The maximum Gasteiger partial charge on any atom is 0.318 e. The van der Waals surface area contributed by atoms with Gasteiger partial charge in [0.15, 0.2) is 5.78 Å². The van der Waals surface area contributed by atoms with Crippen LogP contribution in [0.2, 0.25) is 0 Å². The van der Waals surface area contributed by atoms with Crippen LogP contribution in [0, 0.1) is 5.92 Å². The predicted molar refractivity (Wildman–Crippen MR) is 93.5 cm³/mol. The zero-order valence-electron chi connectivity index (χ0n) is 14.9. The van der Waals surface area contributed by atoms with Crippen molar-refractivity contribution < 1.29 is 23.9 Å². The average molecular weight is 347 g/mol. The minimum Gasteiger partial charge on any atom is -0.461 e. The summed E-state index contributed by atoms with van der Waals surface area (Å²) in [6.45, 7) is 8.50. The van der Waals surface area contributed by atoms with Gasteiger partial charge in [-0.3, -0.25) is 14.4 Å². The molecule has 1 aromatic rings. The molecule has 0 spiro atoms. The Morgan fingerprint density at radius 2 is 1.80 bits per heavy atom. The molecule has 0 aliphatic heterocycles. The van der Waals surface area contributed by atoms with Crippen LogP contribution in [-0.2, 0) is 23.9 Å². The van der Waals surface area contributed by atoms with Crippen molar-refractivity contribution in [2.75, 3.05) is 6.61 Å². The van der Waals surface area contributed by atoms with Crippen LogP contribution in [0.15, 0.2) is 43.0 Å². The van der Waals surface area contributed by atoms with Crippen molar-refractivity contribution in [2.24, 2.45) is 11.7 Å². The summed E-state index contributed by atoms with van der Waals surface area (Å²) in [5.41, 5.74) is 5.97. The number of carbonyl (C=O) groups is 3. The molecule has 0 aliphatic carbocycles. The first-order valence-corrected chi connectivity index (χ1v) is 7.98. The summed E-state index contributed by atoms with van der Waals surface area (Å²) in [5.74, 6) is -3.43. The van der Waals surface area contributed by atoms with E-state index in [4.69, 9.17) is 15.2 Å². The van der Waals surface area contributed by atoms with Crippen LogP contribution in [0.4, 0.5) is 0 Å². The molecule has 2 atom stereocenters. The van der Waals surface area contributed by atoms with Gasteiger partial charge in [-0.2, -0.15) is 0 Å². The van der Waals surface area contributed by atoms with Gasteiger partial charge < -0.3 is 15.2 Å². The molecule has 1 rings (SSSR count). The van der Waals surface area contributed by atoms with Gasteiger partial charge in [0, 0.05) is 0 Å². The van der Waals surface area contributed by atoms with Crippen molar-refractivity contribution in [3.8, 4) is 0 Å². The highest BCUT2D eigenvalue weighted by molar-refractivity contribution is 6.06. The van der Waals surface area contributed by atoms with Crippen LogP contribution in [0.25, 0.3) is 0 Å². The third-order valence-electron chi connectivity index (χ3n) is 3.23. The van der Waals surface area contributed by atoms with Gasteiger partial charge >= 0.3 is 11.9 Å². The fourth-order valence-corrected chi connectivity index (χ4v) is 2.17. The highest BCUT2D eigenvalue weighted by Crippen LogP contribution is 2.25. The van der Waals surface area contributed by atoms with Crippen molar-refractivity contribution >= 4 is 17.7 Å². The Labute approximate surface area is 148 Å². The van der Waals surface area contributed by atoms with E-state index >= 15 is 0 Å². The Hall–Kier alpha value is -2.47. The Morgan fingerprint density at radius 1 is 1.20 bits per heavy atom. The Balaban J connectivity index is 3.02. The third-order valence-corrected chi connectivity index (χ3v) is 3.23. The summed E-state index contributed by atoms with van der Waals surface area (Å²) in [6, 6.07) is 7.81. The number of esters is 2. The largest absolute Gasteiger partial charge is 0.461 e. The van der Waals surface area contributed by atoms with E-state index in [-0.39, 0.29) is 6.61 Å². The molecule has 0 aromatic heterocycles. The Kier molecular flexibility index (Phi) is 7.51. The molecule has 0 amide bonds. The molecule has 0 fully saturated rings. The van der Waals surface area contributed by atoms with Crippen LogP contribution >= 0.6 is 0 Å². The number of hydrogen-bond acceptors (Lipinski definition) is 6. The fraction of sp³-hybridized carbons (Fsp3) is 0.421. The van der Waals surface area contributed by atoms with Crippen molar-refractivity contribution in [1.82, 2.24) is 0 Å². The second-order valence-corrected chi connectivity index (χ2v) is 6.56. The monoisotopic (exact) mass is 347 g/mol. The van der Waals surface area contributed by atoms with Crippen LogP contribution in [0.5, 0.6) is 0 Å². The topological polar surface area (TPSA) is 95.7 Å². The van der Waals surface area contributed by atoms with Gasteiger partial charge in [-0.15, -0.1) is 0 Å². The number of nitrogens with two attached hydrogens (primary N) is 1. The summed E-state index contributed by atoms with van der Waals surface area (Å²) in [6.07, 6.45) is 0.835. The summed E-state index contributed by atoms with van der Waals surface area (Å²) in [7, 11) is 0. The molecular weight excluding hydrogens is 322 g/mol. The zero-order chi connectivity index (χ0) is 19.0. The van der Waals surface area contributed by atoms with Gasteiger partial charge in [-0.25, -0.2) is 0 Å². The van der Waals surface area contributed by atoms with E-state index in [2.05, 4.69) is 6.58 Å². The number of carbonyl (C=O) groups excluding carboxylic acids is 3. The number of ether oxygens (including phenoxy) is 2. The molecule has 0 radical (unpaired) electrons. The van der Waals surface area contributed by atoms with Crippen LogP contribution in [0.1, 0.15) is 38.8 Å². The third kappa shape index (κ3) is 6.89. The molecule has 0 saturated heterocycles. The molecule has 0 bridgehead atoms. The summed E-state index contributed by atoms with van der Waals surface area (Å²) in [4.78, 5) is 36.8. The van der Waals surface area contributed by atoms with Crippen molar-refractivity contribution in [3.05, 3.63) is 48.6 Å². The lowest BCUT2D eigenvalue weighted by molar-refractivity contribution is -0.163. The van der Waals surface area contributed by atoms with Gasteiger partial charge in [-0.1, -0.05) is 43.0 Å². The van der Waals surface area contributed by atoms with Gasteiger partial charge in [0.05, 0.1) is 6.04 Å². The van der Waals surface area contributed by atoms with Crippen molar-refractivity contribution in [2.45, 2.75) is 38.8 Å². The number of rotatable bonds is 8. The molecule has 1 aromatic carbocycles. The number of Topliss-reactive ketones (excluding diaryl/α,β-unsaturated/α-hetero) is 1. The minimum absolute atomic E-state index is 0.00600. The first-order valence-electron chi connectivity index (χ1n) is 7.98. The maximum atomic E-state index is 12.6. The molecule has 6 heteroatoms. The highest BCUT2D eigenvalue weighted by atomic mass is 16.6. The molecule has 2 unspecified atom stereocenters. The van der Waals surface area contributed by atoms with E-state index in [0.29, 0.717) is 5.56 Å². The van der Waals surface area contributed by atoms with Gasteiger partial charge in [0.2, 0.25) is 0 Å². The van der Waals surface area contributed by atoms with E-state index < -0.39 is 41.7 Å². The van der Waals surface area contributed by atoms with Gasteiger partial charge in [-0.05, 0) is 26.3 Å². The minimum atomic E-state index is -1.29. The molecule has 25 heavy (non-hydrogen) atoms. The predicted octanol–water partition coefficient (Wildman–Crippen LogP) is 2.33. The van der Waals surface area contributed by atoms with E-state index in [1.54, 1.807) is 51.1 Å². The van der Waals surface area contributed by atoms with Crippen LogP contribution < -0.4 is 5.73 Å². The van der Waals surface area contributed by atoms with Crippen molar-refractivity contribution in [1.29, 1.82) is 0 Å². The number of benzene rings is 1. The SMILES string of the molecule is C=CCOC(=O)CC(=O)C(C(=O)OC(C)(C)C)C(N)c1ccccc1. The summed E-state index contributed by atoms with van der Waals surface area (Å²) in [5, 5.41) is 0. The van der Waals surface area contributed by atoms with E-state index in [9.17, 15) is 14.4 Å². The highest BCUT2D eigenvalue weighted by Gasteiger charge is 2.37. The smallest absolute Gasteiger partial charge is 0.318 e. The van der Waals surface area contributed by atoms with Crippen molar-refractivity contribution in [3.63, 3.8) is 0 Å². The second kappa shape index (κ2) is 9.13. The summed E-state index contributed by atoms with van der Waals surface area (Å²) >= 11 is 0. The standard InChI is InChI=1S/C19H25NO5/c1-5-11-24-15(22)12-14(21)16(18(23)25-19(2,3)4)17(20)13-9-7-6-8-10-13/h5-10,16-17H,1,11-12,20H2,2-4H3. The lowest BCUT2D eigenvalue weighted by Crippen LogP contribution is -2.40. The molecule has 2 N–H and O–H groups in total. The first-order chi connectivity index (χ1) is 11.7. The molecule has 0 saturated carbocycles. The first kappa shape index (κ1) is 20.6. The molecule has 6 nitrogen and oxygen atoms in total.